The maximum atomic E-state index is 5.53. The topological polar surface area (TPSA) is 102 Å². The summed E-state index contributed by atoms with van der Waals surface area (Å²) in [5.74, 6) is 0.601. The minimum Gasteiger partial charge on any atom is -0.379 e. The highest BCUT2D eigenvalue weighted by molar-refractivity contribution is 4.46. The summed E-state index contributed by atoms with van der Waals surface area (Å²) < 4.78 is 60.0. The number of hydrogen-bond acceptors (Lipinski definition) is 11. The molecule has 39 heavy (non-hydrogen) atoms. The third-order valence-corrected chi connectivity index (χ3v) is 5.13. The molecule has 0 aromatic carbocycles. The molecule has 236 valence electrons. The molecular formula is C28H58O11. The Morgan fingerprint density at radius 2 is 0.564 bits per heavy atom. The SMILES string of the molecule is CCC(C)COCCOCCOCCOCCOCCOCCOCCOCCOCCOCCOC(C)C. The van der Waals surface area contributed by atoms with Gasteiger partial charge in [0.15, 0.2) is 0 Å². The van der Waals surface area contributed by atoms with Gasteiger partial charge in [-0.15, -0.1) is 0 Å². The predicted octanol–water partition coefficient (Wildman–Crippen LogP) is 2.62. The highest BCUT2D eigenvalue weighted by Gasteiger charge is 1.99. The van der Waals surface area contributed by atoms with Gasteiger partial charge in [-0.1, -0.05) is 20.3 Å². The fourth-order valence-electron chi connectivity index (χ4n) is 2.72. The minimum atomic E-state index is 0.235. The zero-order chi connectivity index (χ0) is 28.5. The van der Waals surface area contributed by atoms with E-state index in [2.05, 4.69) is 13.8 Å². The lowest BCUT2D eigenvalue weighted by Gasteiger charge is -2.10. The molecule has 0 spiro atoms. The van der Waals surface area contributed by atoms with Crippen LogP contribution in [0.3, 0.4) is 0 Å². The normalized spacial score (nSPS) is 12.5. The van der Waals surface area contributed by atoms with Gasteiger partial charge in [-0.3, -0.25) is 0 Å². The smallest absolute Gasteiger partial charge is 0.0703 e. The van der Waals surface area contributed by atoms with E-state index < -0.39 is 0 Å². The zero-order valence-corrected chi connectivity index (χ0v) is 25.2. The van der Waals surface area contributed by atoms with Crippen molar-refractivity contribution in [3.8, 4) is 0 Å². The van der Waals surface area contributed by atoms with Gasteiger partial charge in [0.1, 0.15) is 0 Å². The van der Waals surface area contributed by atoms with Crippen LogP contribution in [0.2, 0.25) is 0 Å². The fourth-order valence-corrected chi connectivity index (χ4v) is 2.72. The van der Waals surface area contributed by atoms with Crippen LogP contribution >= 0.6 is 0 Å². The molecule has 0 aliphatic rings. The van der Waals surface area contributed by atoms with Crippen LogP contribution in [0.4, 0.5) is 0 Å². The van der Waals surface area contributed by atoms with Crippen LogP contribution in [-0.4, -0.2) is 145 Å². The Morgan fingerprint density at radius 3 is 0.795 bits per heavy atom. The van der Waals surface area contributed by atoms with Crippen molar-refractivity contribution in [2.24, 2.45) is 5.92 Å². The molecule has 0 saturated carbocycles. The summed E-state index contributed by atoms with van der Waals surface area (Å²) >= 11 is 0. The molecule has 0 bridgehead atoms. The van der Waals surface area contributed by atoms with Gasteiger partial charge in [0.2, 0.25) is 0 Å². The first-order valence-electron chi connectivity index (χ1n) is 14.6. The predicted molar refractivity (Wildman–Crippen MR) is 149 cm³/mol. The van der Waals surface area contributed by atoms with Crippen LogP contribution in [0.5, 0.6) is 0 Å². The Morgan fingerprint density at radius 1 is 0.333 bits per heavy atom. The van der Waals surface area contributed by atoms with Crippen molar-refractivity contribution in [2.45, 2.75) is 40.2 Å². The minimum absolute atomic E-state index is 0.235. The quantitative estimate of drug-likeness (QED) is 0.107. The summed E-state index contributed by atoms with van der Waals surface area (Å²) in [6.07, 6.45) is 1.37. The Balaban J connectivity index is 3.04. The number of ether oxygens (including phenoxy) is 11. The molecule has 0 rings (SSSR count). The van der Waals surface area contributed by atoms with Gasteiger partial charge in [-0.2, -0.15) is 0 Å². The van der Waals surface area contributed by atoms with E-state index in [1.54, 1.807) is 0 Å². The Bertz CT molecular complexity index is 444. The van der Waals surface area contributed by atoms with Crippen LogP contribution in [-0.2, 0) is 52.1 Å². The lowest BCUT2D eigenvalue weighted by molar-refractivity contribution is -0.0289. The van der Waals surface area contributed by atoms with Gasteiger partial charge in [0.25, 0.3) is 0 Å². The lowest BCUT2D eigenvalue weighted by atomic mass is 10.1. The van der Waals surface area contributed by atoms with Crippen LogP contribution < -0.4 is 0 Å². The average Bonchev–Trinajstić information content (AvgIpc) is 2.93. The van der Waals surface area contributed by atoms with Crippen molar-refractivity contribution >= 4 is 0 Å². The highest BCUT2D eigenvalue weighted by atomic mass is 16.6. The van der Waals surface area contributed by atoms with Crippen molar-refractivity contribution in [1.29, 1.82) is 0 Å². The average molecular weight is 571 g/mol. The molecule has 0 aromatic rings. The molecule has 0 fully saturated rings. The second-order valence-corrected chi connectivity index (χ2v) is 9.02. The second-order valence-electron chi connectivity index (χ2n) is 9.02. The molecule has 11 nitrogen and oxygen atoms in total. The van der Waals surface area contributed by atoms with E-state index in [1.165, 1.54) is 0 Å². The van der Waals surface area contributed by atoms with Gasteiger partial charge in [-0.25, -0.2) is 0 Å². The van der Waals surface area contributed by atoms with Crippen LogP contribution in [0, 0.1) is 5.92 Å². The molecule has 1 atom stereocenters. The first kappa shape index (κ1) is 38.6. The summed E-state index contributed by atoms with van der Waals surface area (Å²) in [5.41, 5.74) is 0. The molecule has 0 aliphatic carbocycles. The standard InChI is InChI=1S/C28H58O11/c1-5-28(4)26-38-23-22-36-19-18-34-15-14-32-11-10-30-7-6-29-8-9-31-12-13-33-16-17-35-20-21-37-24-25-39-27(2)3/h27-28H,5-26H2,1-4H3. The van der Waals surface area contributed by atoms with Crippen LogP contribution in [0.15, 0.2) is 0 Å². The maximum Gasteiger partial charge on any atom is 0.0703 e. The number of rotatable bonds is 34. The molecule has 1 unspecified atom stereocenters. The Hall–Kier alpha value is -0.440. The van der Waals surface area contributed by atoms with Crippen LogP contribution in [0.25, 0.3) is 0 Å². The van der Waals surface area contributed by atoms with E-state index in [0.717, 1.165) is 13.0 Å². The van der Waals surface area contributed by atoms with Crippen molar-refractivity contribution in [3.63, 3.8) is 0 Å². The summed E-state index contributed by atoms with van der Waals surface area (Å²) in [7, 11) is 0. The van der Waals surface area contributed by atoms with Crippen LogP contribution in [0.1, 0.15) is 34.1 Å². The third-order valence-electron chi connectivity index (χ3n) is 5.13. The highest BCUT2D eigenvalue weighted by Crippen LogP contribution is 2.00. The molecule has 0 aromatic heterocycles. The van der Waals surface area contributed by atoms with E-state index in [0.29, 0.717) is 138 Å². The first-order chi connectivity index (χ1) is 19.2. The largest absolute Gasteiger partial charge is 0.379 e. The van der Waals surface area contributed by atoms with Gasteiger partial charge in [0.05, 0.1) is 138 Å². The van der Waals surface area contributed by atoms with E-state index in [-0.39, 0.29) is 6.10 Å². The van der Waals surface area contributed by atoms with Crippen molar-refractivity contribution in [3.05, 3.63) is 0 Å². The van der Waals surface area contributed by atoms with Crippen molar-refractivity contribution in [1.82, 2.24) is 0 Å². The molecule has 0 N–H and O–H groups in total. The van der Waals surface area contributed by atoms with Gasteiger partial charge < -0.3 is 52.1 Å². The molecule has 0 radical (unpaired) electrons. The molecule has 0 amide bonds. The number of hydrogen-bond donors (Lipinski definition) is 0. The van der Waals surface area contributed by atoms with E-state index in [9.17, 15) is 0 Å². The summed E-state index contributed by atoms with van der Waals surface area (Å²) in [6, 6.07) is 0. The Kier molecular flexibility index (Phi) is 33.4. The van der Waals surface area contributed by atoms with Gasteiger partial charge in [-0.05, 0) is 19.8 Å². The Labute approximate surface area is 237 Å². The monoisotopic (exact) mass is 570 g/mol. The third kappa shape index (κ3) is 35.5. The second kappa shape index (κ2) is 33.8. The fraction of sp³-hybridized carbons (Fsp3) is 1.00. The van der Waals surface area contributed by atoms with E-state index in [4.69, 9.17) is 52.1 Å². The van der Waals surface area contributed by atoms with Gasteiger partial charge in [0, 0.05) is 6.61 Å². The van der Waals surface area contributed by atoms with E-state index >= 15 is 0 Å². The maximum absolute atomic E-state index is 5.53. The first-order valence-corrected chi connectivity index (χ1v) is 14.6. The molecule has 0 aliphatic heterocycles. The van der Waals surface area contributed by atoms with Gasteiger partial charge >= 0.3 is 0 Å². The summed E-state index contributed by atoms with van der Waals surface area (Å²) in [4.78, 5) is 0. The van der Waals surface area contributed by atoms with Crippen molar-refractivity contribution in [2.75, 3.05) is 139 Å². The molecule has 11 heteroatoms. The van der Waals surface area contributed by atoms with Crippen molar-refractivity contribution < 1.29 is 52.1 Å². The molecule has 0 saturated heterocycles. The summed E-state index contributed by atoms with van der Waals surface area (Å²) in [5, 5.41) is 0. The molecule has 0 heterocycles. The summed E-state index contributed by atoms with van der Waals surface area (Å²) in [6.45, 7) is 20.2. The lowest BCUT2D eigenvalue weighted by Crippen LogP contribution is -2.15. The van der Waals surface area contributed by atoms with E-state index in [1.807, 2.05) is 13.8 Å². The molecular weight excluding hydrogens is 512 g/mol. The zero-order valence-electron chi connectivity index (χ0n) is 25.2.